The summed E-state index contributed by atoms with van der Waals surface area (Å²) < 4.78 is 8.14. The smallest absolute Gasteiger partial charge is 0.349 e. The van der Waals surface area contributed by atoms with Gasteiger partial charge in [0.15, 0.2) is 0 Å². The van der Waals surface area contributed by atoms with E-state index in [9.17, 15) is 9.59 Å². The Bertz CT molecular complexity index is 1860. The third kappa shape index (κ3) is 3.59. The first-order valence-corrected chi connectivity index (χ1v) is 11.9. The molecule has 0 radical (unpaired) electrons. The predicted octanol–water partition coefficient (Wildman–Crippen LogP) is 5.92. The van der Waals surface area contributed by atoms with Crippen LogP contribution >= 0.6 is 11.3 Å². The van der Waals surface area contributed by atoms with E-state index in [4.69, 9.17) is 9.40 Å². The number of amides is 1. The summed E-state index contributed by atoms with van der Waals surface area (Å²) in [6.45, 7) is 5.91. The fourth-order valence-corrected chi connectivity index (χ4v) is 5.50. The van der Waals surface area contributed by atoms with Crippen molar-refractivity contribution in [1.29, 1.82) is 0 Å². The molecule has 0 spiro atoms. The van der Waals surface area contributed by atoms with Gasteiger partial charge in [-0.05, 0) is 60.9 Å². The number of anilines is 1. The molecule has 6 aromatic rings. The van der Waals surface area contributed by atoms with Crippen LogP contribution in [0.15, 0.2) is 69.9 Å². The number of carbonyl (C=O) groups excluding carboxylic acids is 1. The van der Waals surface area contributed by atoms with E-state index >= 15 is 0 Å². The van der Waals surface area contributed by atoms with Crippen LogP contribution in [-0.4, -0.2) is 20.7 Å². The summed E-state index contributed by atoms with van der Waals surface area (Å²) in [5, 5.41) is 10.6. The minimum absolute atomic E-state index is 0.0741. The lowest BCUT2D eigenvalue weighted by Crippen LogP contribution is -2.22. The van der Waals surface area contributed by atoms with Crippen LogP contribution in [0, 0.1) is 20.8 Å². The SMILES string of the molecule is Cc1cc(C)c2nc(-n3nc(C)cc3NC(=O)c3cc4c(ccc5ccccc54)oc3=O)sc2c1. The minimum atomic E-state index is -0.695. The van der Waals surface area contributed by atoms with Gasteiger partial charge in [0.05, 0.1) is 15.9 Å². The Balaban J connectivity index is 1.42. The van der Waals surface area contributed by atoms with Crippen LogP contribution in [-0.2, 0) is 0 Å². The van der Waals surface area contributed by atoms with Crippen molar-refractivity contribution in [3.63, 3.8) is 0 Å². The van der Waals surface area contributed by atoms with Crippen LogP contribution in [0.5, 0.6) is 0 Å². The highest BCUT2D eigenvalue weighted by atomic mass is 32.1. The molecule has 3 aromatic carbocycles. The Morgan fingerprint density at radius 2 is 1.83 bits per heavy atom. The van der Waals surface area contributed by atoms with Crippen molar-refractivity contribution in [3.05, 3.63) is 93.5 Å². The molecule has 0 saturated carbocycles. The number of aromatic nitrogens is 3. The molecule has 172 valence electrons. The summed E-state index contributed by atoms with van der Waals surface area (Å²) in [5.74, 6) is -0.138. The standard InChI is InChI=1S/C27H20N4O3S/c1-14-10-15(2)24-22(11-14)35-27(29-24)31-23(12-16(3)30-31)28-25(32)20-13-19-18-7-5-4-6-17(18)8-9-21(19)34-26(20)33/h4-13H,1-3H3,(H,28,32). The zero-order valence-electron chi connectivity index (χ0n) is 19.2. The maximum Gasteiger partial charge on any atom is 0.349 e. The van der Waals surface area contributed by atoms with Gasteiger partial charge >= 0.3 is 5.63 Å². The van der Waals surface area contributed by atoms with Gasteiger partial charge in [-0.2, -0.15) is 9.78 Å². The highest BCUT2D eigenvalue weighted by Gasteiger charge is 2.19. The third-order valence-corrected chi connectivity index (χ3v) is 6.94. The number of benzene rings is 3. The van der Waals surface area contributed by atoms with Gasteiger partial charge in [0.2, 0.25) is 5.13 Å². The molecule has 6 rings (SSSR count). The molecule has 1 amide bonds. The lowest BCUT2D eigenvalue weighted by molar-refractivity contribution is 0.102. The fraction of sp³-hybridized carbons (Fsp3) is 0.111. The van der Waals surface area contributed by atoms with E-state index in [0.29, 0.717) is 27.6 Å². The molecule has 0 fully saturated rings. The van der Waals surface area contributed by atoms with Crippen molar-refractivity contribution >= 4 is 55.0 Å². The highest BCUT2D eigenvalue weighted by Crippen LogP contribution is 2.30. The van der Waals surface area contributed by atoms with Gasteiger partial charge in [-0.3, -0.25) is 4.79 Å². The molecule has 8 heteroatoms. The van der Waals surface area contributed by atoms with Gasteiger partial charge in [-0.1, -0.05) is 47.7 Å². The Kier molecular flexibility index (Phi) is 4.79. The maximum atomic E-state index is 13.2. The predicted molar refractivity (Wildman–Crippen MR) is 139 cm³/mol. The first-order chi connectivity index (χ1) is 16.9. The number of hydrogen-bond acceptors (Lipinski definition) is 6. The van der Waals surface area contributed by atoms with E-state index in [1.807, 2.05) is 51.1 Å². The van der Waals surface area contributed by atoms with Crippen molar-refractivity contribution in [2.45, 2.75) is 20.8 Å². The van der Waals surface area contributed by atoms with E-state index in [-0.39, 0.29) is 5.56 Å². The molecular formula is C27H20N4O3S. The van der Waals surface area contributed by atoms with Gasteiger partial charge < -0.3 is 9.73 Å². The fourth-order valence-electron chi connectivity index (χ4n) is 4.40. The number of thiazole rings is 1. The van der Waals surface area contributed by atoms with E-state index in [2.05, 4.69) is 22.5 Å². The molecule has 0 bridgehead atoms. The van der Waals surface area contributed by atoms with E-state index in [1.165, 1.54) is 11.3 Å². The molecule has 0 saturated heterocycles. The van der Waals surface area contributed by atoms with Crippen LogP contribution in [0.3, 0.4) is 0 Å². The van der Waals surface area contributed by atoms with Gasteiger partial charge in [-0.25, -0.2) is 9.78 Å². The molecule has 1 N–H and O–H groups in total. The number of fused-ring (bicyclic) bond motifs is 4. The molecule has 0 aliphatic rings. The van der Waals surface area contributed by atoms with Crippen molar-refractivity contribution in [2.75, 3.05) is 5.32 Å². The molecular weight excluding hydrogens is 460 g/mol. The van der Waals surface area contributed by atoms with Crippen LogP contribution < -0.4 is 10.9 Å². The van der Waals surface area contributed by atoms with Gasteiger partial charge in [-0.15, -0.1) is 0 Å². The Morgan fingerprint density at radius 1 is 1.00 bits per heavy atom. The Labute approximate surface area is 203 Å². The van der Waals surface area contributed by atoms with E-state index in [0.717, 1.165) is 32.1 Å². The Morgan fingerprint density at radius 3 is 2.69 bits per heavy atom. The molecule has 35 heavy (non-hydrogen) atoms. The number of aryl methyl sites for hydroxylation is 3. The van der Waals surface area contributed by atoms with Gasteiger partial charge in [0.25, 0.3) is 5.91 Å². The summed E-state index contributed by atoms with van der Waals surface area (Å²) in [7, 11) is 0. The third-order valence-electron chi connectivity index (χ3n) is 5.96. The lowest BCUT2D eigenvalue weighted by atomic mass is 10.0. The zero-order chi connectivity index (χ0) is 24.3. The topological polar surface area (TPSA) is 90.0 Å². The molecule has 0 atom stereocenters. The number of rotatable bonds is 3. The molecule has 3 heterocycles. The summed E-state index contributed by atoms with van der Waals surface area (Å²) in [6, 6.07) is 18.9. The molecule has 7 nitrogen and oxygen atoms in total. The van der Waals surface area contributed by atoms with Crippen molar-refractivity contribution in [2.24, 2.45) is 0 Å². The average Bonchev–Trinajstić information content (AvgIpc) is 3.41. The van der Waals surface area contributed by atoms with Gasteiger partial charge in [0, 0.05) is 11.5 Å². The molecule has 0 unspecified atom stereocenters. The van der Waals surface area contributed by atoms with Crippen LogP contribution in [0.2, 0.25) is 0 Å². The number of nitrogens with one attached hydrogen (secondary N) is 1. The van der Waals surface area contributed by atoms with Crippen LogP contribution in [0.1, 0.15) is 27.2 Å². The quantitative estimate of drug-likeness (QED) is 0.251. The lowest BCUT2D eigenvalue weighted by Gasteiger charge is -2.07. The molecule has 0 aliphatic carbocycles. The second kappa shape index (κ2) is 7.89. The van der Waals surface area contributed by atoms with Crippen molar-refractivity contribution < 1.29 is 9.21 Å². The largest absolute Gasteiger partial charge is 0.422 e. The summed E-state index contributed by atoms with van der Waals surface area (Å²) >= 11 is 1.49. The monoisotopic (exact) mass is 480 g/mol. The highest BCUT2D eigenvalue weighted by molar-refractivity contribution is 7.20. The summed E-state index contributed by atoms with van der Waals surface area (Å²) in [4.78, 5) is 30.7. The number of carbonyl (C=O) groups is 1. The van der Waals surface area contributed by atoms with Gasteiger partial charge in [0.1, 0.15) is 17.0 Å². The molecule has 3 aromatic heterocycles. The number of nitrogens with zero attached hydrogens (tertiary/aromatic N) is 3. The average molecular weight is 481 g/mol. The zero-order valence-corrected chi connectivity index (χ0v) is 20.1. The first-order valence-electron chi connectivity index (χ1n) is 11.1. The van der Waals surface area contributed by atoms with Crippen molar-refractivity contribution in [3.8, 4) is 5.13 Å². The second-order valence-electron chi connectivity index (χ2n) is 8.61. The van der Waals surface area contributed by atoms with Crippen molar-refractivity contribution in [1.82, 2.24) is 14.8 Å². The van der Waals surface area contributed by atoms with Crippen LogP contribution in [0.25, 0.3) is 37.1 Å². The Hall–Kier alpha value is -4.30. The number of hydrogen-bond donors (Lipinski definition) is 1. The molecule has 0 aliphatic heterocycles. The van der Waals surface area contributed by atoms with Crippen LogP contribution in [0.4, 0.5) is 5.82 Å². The summed E-state index contributed by atoms with van der Waals surface area (Å²) in [6.07, 6.45) is 0. The maximum absolute atomic E-state index is 13.2. The minimum Gasteiger partial charge on any atom is -0.422 e. The normalized spacial score (nSPS) is 11.5. The second-order valence-corrected chi connectivity index (χ2v) is 9.62. The first kappa shape index (κ1) is 21.2. The summed E-state index contributed by atoms with van der Waals surface area (Å²) in [5.41, 5.74) is 3.52. The van der Waals surface area contributed by atoms with E-state index < -0.39 is 11.5 Å². The van der Waals surface area contributed by atoms with E-state index in [1.54, 1.807) is 22.9 Å².